The van der Waals surface area contributed by atoms with Gasteiger partial charge in [0.2, 0.25) is 0 Å². The number of rotatable bonds is 4. The molecular formula is C16H20FN3O3S. The molecule has 2 heterocycles. The summed E-state index contributed by atoms with van der Waals surface area (Å²) in [7, 11) is 1.47. The predicted molar refractivity (Wildman–Crippen MR) is 93.1 cm³/mol. The van der Waals surface area contributed by atoms with E-state index in [2.05, 4.69) is 5.32 Å². The van der Waals surface area contributed by atoms with Gasteiger partial charge in [-0.2, -0.15) is 0 Å². The topological polar surface area (TPSA) is 54.0 Å². The first-order valence-corrected chi connectivity index (χ1v) is 8.34. The molecule has 0 aliphatic carbocycles. The molecule has 1 aromatic rings. The average Bonchev–Trinajstić information content (AvgIpc) is 3.22. The van der Waals surface area contributed by atoms with Crippen LogP contribution in [0.25, 0.3) is 0 Å². The Balaban J connectivity index is 1.66. The van der Waals surface area contributed by atoms with Gasteiger partial charge in [0, 0.05) is 13.1 Å². The van der Waals surface area contributed by atoms with Gasteiger partial charge in [-0.1, -0.05) is 0 Å². The molecule has 2 fully saturated rings. The van der Waals surface area contributed by atoms with Gasteiger partial charge in [-0.25, -0.2) is 9.18 Å². The minimum Gasteiger partial charge on any atom is -0.474 e. The molecule has 2 aliphatic heterocycles. The summed E-state index contributed by atoms with van der Waals surface area (Å²) in [6.07, 6.45) is 1.31. The number of benzene rings is 1. The molecule has 1 amide bonds. The van der Waals surface area contributed by atoms with Crippen LogP contribution in [0.5, 0.6) is 0 Å². The molecule has 0 spiro atoms. The number of amides is 1. The average molecular weight is 353 g/mol. The molecule has 2 saturated heterocycles. The van der Waals surface area contributed by atoms with Gasteiger partial charge in [0.1, 0.15) is 11.9 Å². The summed E-state index contributed by atoms with van der Waals surface area (Å²) in [6.45, 7) is 2.42. The van der Waals surface area contributed by atoms with Crippen molar-refractivity contribution in [1.82, 2.24) is 5.32 Å². The molecule has 130 valence electrons. The number of methoxy groups -OCH3 is 1. The summed E-state index contributed by atoms with van der Waals surface area (Å²) in [5.74, 6) is -0.315. The van der Waals surface area contributed by atoms with Crippen LogP contribution in [0, 0.1) is 5.82 Å². The number of hydrogen-bond acceptors (Lipinski definition) is 5. The summed E-state index contributed by atoms with van der Waals surface area (Å²) in [4.78, 5) is 15.5. The highest BCUT2D eigenvalue weighted by atomic mass is 32.1. The van der Waals surface area contributed by atoms with Crippen molar-refractivity contribution in [2.45, 2.75) is 18.9 Å². The number of thiocarbonyl (C=S) groups is 1. The Morgan fingerprint density at radius 3 is 2.88 bits per heavy atom. The fraction of sp³-hybridized carbons (Fsp3) is 0.500. The first kappa shape index (κ1) is 16.8. The lowest BCUT2D eigenvalue weighted by Gasteiger charge is -2.20. The Labute approximate surface area is 145 Å². The summed E-state index contributed by atoms with van der Waals surface area (Å²) in [6, 6.07) is 4.88. The van der Waals surface area contributed by atoms with E-state index in [1.807, 2.05) is 4.90 Å². The van der Waals surface area contributed by atoms with Crippen LogP contribution in [0.4, 0.5) is 20.6 Å². The van der Waals surface area contributed by atoms with E-state index in [0.29, 0.717) is 24.5 Å². The largest absolute Gasteiger partial charge is 0.474 e. The molecule has 6 nitrogen and oxygen atoms in total. The minimum atomic E-state index is -0.488. The van der Waals surface area contributed by atoms with Crippen LogP contribution in [-0.4, -0.2) is 50.7 Å². The summed E-state index contributed by atoms with van der Waals surface area (Å²) < 4.78 is 24.5. The van der Waals surface area contributed by atoms with E-state index in [4.69, 9.17) is 21.7 Å². The van der Waals surface area contributed by atoms with Gasteiger partial charge in [-0.05, 0) is 43.3 Å². The van der Waals surface area contributed by atoms with E-state index in [1.165, 1.54) is 18.1 Å². The van der Waals surface area contributed by atoms with Crippen LogP contribution in [0.2, 0.25) is 0 Å². The minimum absolute atomic E-state index is 0.241. The smallest absolute Gasteiger partial charge is 0.414 e. The van der Waals surface area contributed by atoms with Crippen molar-refractivity contribution in [3.8, 4) is 0 Å². The molecule has 1 atom stereocenters. The van der Waals surface area contributed by atoms with Gasteiger partial charge in [0.25, 0.3) is 5.17 Å². The van der Waals surface area contributed by atoms with Crippen LogP contribution in [0.15, 0.2) is 18.2 Å². The molecule has 24 heavy (non-hydrogen) atoms. The molecular weight excluding hydrogens is 333 g/mol. The Hall–Kier alpha value is -2.09. The van der Waals surface area contributed by atoms with E-state index in [0.717, 1.165) is 25.9 Å². The van der Waals surface area contributed by atoms with Crippen molar-refractivity contribution in [1.29, 1.82) is 0 Å². The second kappa shape index (κ2) is 7.21. The number of cyclic esters (lactones) is 1. The van der Waals surface area contributed by atoms with E-state index >= 15 is 0 Å². The quantitative estimate of drug-likeness (QED) is 0.838. The third-order valence-electron chi connectivity index (χ3n) is 4.22. The molecule has 1 aromatic carbocycles. The lowest BCUT2D eigenvalue weighted by molar-refractivity contribution is 0.142. The molecule has 0 aromatic heterocycles. The highest BCUT2D eigenvalue weighted by Gasteiger charge is 2.33. The number of nitrogens with one attached hydrogen (secondary N) is 1. The van der Waals surface area contributed by atoms with Crippen LogP contribution in [-0.2, 0) is 9.47 Å². The number of anilines is 2. The third kappa shape index (κ3) is 3.53. The van der Waals surface area contributed by atoms with E-state index in [1.54, 1.807) is 12.1 Å². The van der Waals surface area contributed by atoms with Gasteiger partial charge in [0.05, 0.1) is 31.6 Å². The summed E-state index contributed by atoms with van der Waals surface area (Å²) in [5, 5.41) is 3.09. The number of nitrogens with zero attached hydrogens (tertiary/aromatic N) is 2. The van der Waals surface area contributed by atoms with Gasteiger partial charge < -0.3 is 19.7 Å². The maximum atomic E-state index is 14.4. The number of ether oxygens (including phenoxy) is 2. The zero-order chi connectivity index (χ0) is 17.1. The fourth-order valence-electron chi connectivity index (χ4n) is 2.99. The summed E-state index contributed by atoms with van der Waals surface area (Å²) >= 11 is 4.88. The van der Waals surface area contributed by atoms with Gasteiger partial charge in [-0.3, -0.25) is 4.90 Å². The lowest BCUT2D eigenvalue weighted by atomic mass is 10.2. The molecule has 0 saturated carbocycles. The lowest BCUT2D eigenvalue weighted by Crippen LogP contribution is -2.34. The van der Waals surface area contributed by atoms with E-state index in [-0.39, 0.29) is 17.1 Å². The van der Waals surface area contributed by atoms with Crippen LogP contribution in [0.1, 0.15) is 12.8 Å². The predicted octanol–water partition coefficient (Wildman–Crippen LogP) is 2.27. The SMILES string of the molecule is COC(=S)NC[C@H]1CN(c2ccc(N3CCCC3)c(F)c2)C(=O)O1. The standard InChI is InChI=1S/C16H20FN3O3S/c1-22-15(24)18-9-12-10-20(16(21)23-12)11-4-5-14(13(17)8-11)19-6-2-3-7-19/h4-5,8,12H,2-3,6-7,9-10H2,1H3,(H,18,24)/t12-/m0/s1. The molecule has 0 radical (unpaired) electrons. The van der Waals surface area contributed by atoms with Crippen LogP contribution in [0.3, 0.4) is 0 Å². The first-order chi connectivity index (χ1) is 11.6. The Kier molecular flexibility index (Phi) is 5.03. The van der Waals surface area contributed by atoms with Gasteiger partial charge in [0.15, 0.2) is 0 Å². The zero-order valence-corrected chi connectivity index (χ0v) is 14.3. The maximum absolute atomic E-state index is 14.4. The molecule has 8 heteroatoms. The molecule has 3 rings (SSSR count). The zero-order valence-electron chi connectivity index (χ0n) is 13.5. The molecule has 2 aliphatic rings. The summed E-state index contributed by atoms with van der Waals surface area (Å²) in [5.41, 5.74) is 1.09. The number of hydrogen-bond donors (Lipinski definition) is 1. The molecule has 0 unspecified atom stereocenters. The molecule has 1 N–H and O–H groups in total. The van der Waals surface area contributed by atoms with Gasteiger partial charge in [-0.15, -0.1) is 0 Å². The maximum Gasteiger partial charge on any atom is 0.414 e. The highest BCUT2D eigenvalue weighted by Crippen LogP contribution is 2.29. The molecule has 0 bridgehead atoms. The Bertz CT molecular complexity index is 637. The van der Waals surface area contributed by atoms with Crippen molar-refractivity contribution in [2.24, 2.45) is 0 Å². The third-order valence-corrected chi connectivity index (χ3v) is 4.53. The second-order valence-electron chi connectivity index (χ2n) is 5.82. The first-order valence-electron chi connectivity index (χ1n) is 7.93. The Morgan fingerprint density at radius 1 is 1.46 bits per heavy atom. The van der Waals surface area contributed by atoms with Gasteiger partial charge >= 0.3 is 6.09 Å². The van der Waals surface area contributed by atoms with Crippen molar-refractivity contribution >= 4 is 34.9 Å². The van der Waals surface area contributed by atoms with Crippen molar-refractivity contribution < 1.29 is 18.7 Å². The van der Waals surface area contributed by atoms with E-state index < -0.39 is 6.09 Å². The monoisotopic (exact) mass is 353 g/mol. The number of carbonyl (C=O) groups is 1. The van der Waals surface area contributed by atoms with E-state index in [9.17, 15) is 9.18 Å². The van der Waals surface area contributed by atoms with Crippen molar-refractivity contribution in [2.75, 3.05) is 43.1 Å². The van der Waals surface area contributed by atoms with Crippen molar-refractivity contribution in [3.63, 3.8) is 0 Å². The Morgan fingerprint density at radius 2 is 2.21 bits per heavy atom. The normalized spacial score (nSPS) is 20.2. The van der Waals surface area contributed by atoms with Crippen LogP contribution < -0.4 is 15.1 Å². The van der Waals surface area contributed by atoms with Crippen molar-refractivity contribution in [3.05, 3.63) is 24.0 Å². The second-order valence-corrected chi connectivity index (χ2v) is 6.19. The number of halogens is 1. The number of carbonyl (C=O) groups excluding carboxylic acids is 1. The highest BCUT2D eigenvalue weighted by molar-refractivity contribution is 7.80. The van der Waals surface area contributed by atoms with Crippen LogP contribution >= 0.6 is 12.2 Å². The fourth-order valence-corrected chi connectivity index (χ4v) is 3.07.